The number of carbonyl (C=O) groups excluding carboxylic acids is 1. The first-order valence-electron chi connectivity index (χ1n) is 7.87. The van der Waals surface area contributed by atoms with Crippen LogP contribution in [0, 0.1) is 0 Å². The van der Waals surface area contributed by atoms with E-state index in [1.54, 1.807) is 12.0 Å². The predicted molar refractivity (Wildman–Crippen MR) is 90.5 cm³/mol. The minimum Gasteiger partial charge on any atom is -0.497 e. The van der Waals surface area contributed by atoms with Crippen molar-refractivity contribution in [3.05, 3.63) is 29.8 Å². The Hall–Kier alpha value is -1.56. The second-order valence-corrected chi connectivity index (χ2v) is 8.73. The number of benzene rings is 1. The molecular weight excluding hydrogens is 314 g/mol. The summed E-state index contributed by atoms with van der Waals surface area (Å²) in [5.41, 5.74) is 0.178. The molecule has 1 unspecified atom stereocenters. The lowest BCUT2D eigenvalue weighted by molar-refractivity contribution is -0.138. The van der Waals surface area contributed by atoms with E-state index in [0.29, 0.717) is 13.0 Å². The van der Waals surface area contributed by atoms with Crippen LogP contribution in [0.25, 0.3) is 0 Å². The number of nitrogens with zero attached hydrogens (tertiary/aromatic N) is 1. The predicted octanol–water partition coefficient (Wildman–Crippen LogP) is 2.01. The molecule has 128 valence electrons. The summed E-state index contributed by atoms with van der Waals surface area (Å²) in [6.07, 6.45) is 0.528. The Bertz CT molecular complexity index is 664. The van der Waals surface area contributed by atoms with Crippen LogP contribution in [0.5, 0.6) is 5.75 Å². The fourth-order valence-electron chi connectivity index (χ4n) is 3.08. The quantitative estimate of drug-likeness (QED) is 0.823. The van der Waals surface area contributed by atoms with E-state index in [-0.39, 0.29) is 23.5 Å². The Morgan fingerprint density at radius 1 is 1.30 bits per heavy atom. The normalized spacial score (nSPS) is 20.3. The van der Waals surface area contributed by atoms with Crippen LogP contribution < -0.4 is 4.74 Å². The van der Waals surface area contributed by atoms with Crippen molar-refractivity contribution in [2.75, 3.05) is 25.2 Å². The van der Waals surface area contributed by atoms with Gasteiger partial charge in [0, 0.05) is 12.6 Å². The van der Waals surface area contributed by atoms with E-state index >= 15 is 0 Å². The van der Waals surface area contributed by atoms with Gasteiger partial charge in [-0.15, -0.1) is 0 Å². The highest BCUT2D eigenvalue weighted by molar-refractivity contribution is 7.91. The minimum absolute atomic E-state index is 0.0349. The van der Waals surface area contributed by atoms with Gasteiger partial charge in [0.25, 0.3) is 0 Å². The van der Waals surface area contributed by atoms with Crippen molar-refractivity contribution in [2.45, 2.75) is 38.6 Å². The van der Waals surface area contributed by atoms with Crippen molar-refractivity contribution >= 4 is 15.7 Å². The number of sulfone groups is 1. The number of methoxy groups -OCH3 is 1. The van der Waals surface area contributed by atoms with Crippen LogP contribution in [0.15, 0.2) is 24.3 Å². The molecule has 0 spiro atoms. The molecule has 0 N–H and O–H groups in total. The first-order chi connectivity index (χ1) is 10.7. The average Bonchev–Trinajstić information content (AvgIpc) is 2.87. The van der Waals surface area contributed by atoms with Gasteiger partial charge in [0.2, 0.25) is 5.91 Å². The summed E-state index contributed by atoms with van der Waals surface area (Å²) in [6.45, 7) is 6.16. The van der Waals surface area contributed by atoms with E-state index in [4.69, 9.17) is 4.74 Å². The second-order valence-electron chi connectivity index (χ2n) is 6.50. The third-order valence-corrected chi connectivity index (χ3v) is 6.35. The van der Waals surface area contributed by atoms with Crippen molar-refractivity contribution in [1.29, 1.82) is 0 Å². The molecule has 5 nitrogen and oxygen atoms in total. The summed E-state index contributed by atoms with van der Waals surface area (Å²) in [4.78, 5) is 14.8. The maximum Gasteiger partial charge on any atom is 0.232 e. The molecule has 1 saturated heterocycles. The van der Waals surface area contributed by atoms with Crippen molar-refractivity contribution in [2.24, 2.45) is 0 Å². The molecule has 0 aromatic heterocycles. The zero-order chi connectivity index (χ0) is 17.3. The number of ether oxygens (including phenoxy) is 1. The highest BCUT2D eigenvalue weighted by Gasteiger charge is 2.40. The van der Waals surface area contributed by atoms with Crippen LogP contribution in [0.2, 0.25) is 0 Å². The van der Waals surface area contributed by atoms with Crippen molar-refractivity contribution in [3.8, 4) is 5.75 Å². The Labute approximate surface area is 138 Å². The Morgan fingerprint density at radius 2 is 1.91 bits per heavy atom. The number of hydrogen-bond donors (Lipinski definition) is 0. The Morgan fingerprint density at radius 3 is 2.35 bits per heavy atom. The molecule has 0 radical (unpaired) electrons. The lowest BCUT2D eigenvalue weighted by Gasteiger charge is -2.35. The zero-order valence-corrected chi connectivity index (χ0v) is 15.0. The Kier molecular flexibility index (Phi) is 5.04. The van der Waals surface area contributed by atoms with Gasteiger partial charge >= 0.3 is 0 Å². The molecule has 1 atom stereocenters. The first kappa shape index (κ1) is 17.8. The molecule has 2 rings (SSSR count). The van der Waals surface area contributed by atoms with Gasteiger partial charge in [-0.2, -0.15) is 0 Å². The fraction of sp³-hybridized carbons (Fsp3) is 0.588. The largest absolute Gasteiger partial charge is 0.497 e. The highest BCUT2D eigenvalue weighted by Crippen LogP contribution is 2.30. The Balaban J connectivity index is 2.24. The lowest BCUT2D eigenvalue weighted by atomic mass is 9.82. The molecule has 1 heterocycles. The standard InChI is InChI=1S/C17H25NO4S/c1-5-18(14-10-11-23(20,21)12-14)16(19)17(2,3)13-6-8-15(22-4)9-7-13/h6-9,14H,5,10-12H2,1-4H3. The molecule has 0 saturated carbocycles. The summed E-state index contributed by atoms with van der Waals surface area (Å²) in [7, 11) is -1.41. The molecule has 1 aliphatic heterocycles. The third-order valence-electron chi connectivity index (χ3n) is 4.60. The first-order valence-corrected chi connectivity index (χ1v) is 9.69. The van der Waals surface area contributed by atoms with E-state index in [1.807, 2.05) is 45.0 Å². The molecule has 1 amide bonds. The van der Waals surface area contributed by atoms with Gasteiger partial charge < -0.3 is 9.64 Å². The van der Waals surface area contributed by atoms with E-state index in [0.717, 1.165) is 11.3 Å². The van der Waals surface area contributed by atoms with Crippen molar-refractivity contribution in [1.82, 2.24) is 4.90 Å². The van der Waals surface area contributed by atoms with Gasteiger partial charge in [0.15, 0.2) is 9.84 Å². The maximum absolute atomic E-state index is 13.0. The molecule has 0 bridgehead atoms. The molecule has 1 aromatic rings. The number of amides is 1. The maximum atomic E-state index is 13.0. The van der Waals surface area contributed by atoms with Gasteiger partial charge in [-0.25, -0.2) is 8.42 Å². The molecule has 23 heavy (non-hydrogen) atoms. The third kappa shape index (κ3) is 3.68. The highest BCUT2D eigenvalue weighted by atomic mass is 32.2. The van der Waals surface area contributed by atoms with Crippen LogP contribution in [-0.4, -0.2) is 50.4 Å². The van der Waals surface area contributed by atoms with Crippen molar-refractivity contribution < 1.29 is 17.9 Å². The lowest BCUT2D eigenvalue weighted by Crippen LogP contribution is -2.49. The molecule has 6 heteroatoms. The van der Waals surface area contributed by atoms with E-state index < -0.39 is 15.3 Å². The monoisotopic (exact) mass is 339 g/mol. The van der Waals surface area contributed by atoms with E-state index in [1.165, 1.54) is 0 Å². The minimum atomic E-state index is -3.01. The number of likely N-dealkylation sites (N-methyl/N-ethyl adjacent to an activating group) is 1. The summed E-state index contributed by atoms with van der Waals surface area (Å²) >= 11 is 0. The second kappa shape index (κ2) is 6.51. The van der Waals surface area contributed by atoms with Crippen molar-refractivity contribution in [3.63, 3.8) is 0 Å². The van der Waals surface area contributed by atoms with Gasteiger partial charge in [-0.05, 0) is 44.9 Å². The molecule has 1 aromatic carbocycles. The summed E-state index contributed by atoms with van der Waals surface area (Å²) in [5.74, 6) is 0.953. The van der Waals surface area contributed by atoms with Crippen LogP contribution in [-0.2, 0) is 20.0 Å². The smallest absolute Gasteiger partial charge is 0.232 e. The molecular formula is C17H25NO4S. The van der Waals surface area contributed by atoms with Crippen LogP contribution in [0.3, 0.4) is 0 Å². The molecule has 1 aliphatic rings. The van der Waals surface area contributed by atoms with E-state index in [2.05, 4.69) is 0 Å². The fourth-order valence-corrected chi connectivity index (χ4v) is 4.81. The summed E-state index contributed by atoms with van der Waals surface area (Å²) < 4.78 is 28.6. The summed E-state index contributed by atoms with van der Waals surface area (Å²) in [5, 5.41) is 0. The molecule has 1 fully saturated rings. The average molecular weight is 339 g/mol. The van der Waals surface area contributed by atoms with Crippen LogP contribution in [0.1, 0.15) is 32.8 Å². The number of rotatable bonds is 5. The number of carbonyl (C=O) groups is 1. The van der Waals surface area contributed by atoms with Gasteiger partial charge in [-0.3, -0.25) is 4.79 Å². The van der Waals surface area contributed by atoms with Gasteiger partial charge in [0.05, 0.1) is 24.0 Å². The van der Waals surface area contributed by atoms with Crippen LogP contribution in [0.4, 0.5) is 0 Å². The van der Waals surface area contributed by atoms with E-state index in [9.17, 15) is 13.2 Å². The number of hydrogen-bond acceptors (Lipinski definition) is 4. The zero-order valence-electron chi connectivity index (χ0n) is 14.2. The summed E-state index contributed by atoms with van der Waals surface area (Å²) in [6, 6.07) is 7.22. The molecule has 0 aliphatic carbocycles. The van der Waals surface area contributed by atoms with Gasteiger partial charge in [-0.1, -0.05) is 12.1 Å². The SMILES string of the molecule is CCN(C(=O)C(C)(C)c1ccc(OC)cc1)C1CCS(=O)(=O)C1. The van der Waals surface area contributed by atoms with Crippen LogP contribution >= 0.6 is 0 Å². The topological polar surface area (TPSA) is 63.7 Å². The van der Waals surface area contributed by atoms with Gasteiger partial charge in [0.1, 0.15) is 5.75 Å².